The predicted molar refractivity (Wildman–Crippen MR) is 75.1 cm³/mol. The maximum Gasteiger partial charge on any atom is 0.335 e. The van der Waals surface area contributed by atoms with Gasteiger partial charge in [0, 0.05) is 12.1 Å². The third-order valence-electron chi connectivity index (χ3n) is 3.24. The largest absolute Gasteiger partial charge is 0.478 e. The van der Waals surface area contributed by atoms with E-state index in [9.17, 15) is 14.4 Å². The van der Waals surface area contributed by atoms with Gasteiger partial charge in [0.2, 0.25) is 11.8 Å². The first-order chi connectivity index (χ1) is 9.86. The van der Waals surface area contributed by atoms with Crippen molar-refractivity contribution in [2.75, 3.05) is 5.32 Å². The van der Waals surface area contributed by atoms with E-state index in [4.69, 9.17) is 5.11 Å². The van der Waals surface area contributed by atoms with Crippen LogP contribution in [0, 0.1) is 0 Å². The lowest BCUT2D eigenvalue weighted by atomic mass is 10.1. The summed E-state index contributed by atoms with van der Waals surface area (Å²) in [5, 5.41) is 14.3. The number of carboxylic acids is 1. The van der Waals surface area contributed by atoms with Crippen LogP contribution in [0.2, 0.25) is 0 Å². The number of anilines is 1. The number of pyridine rings is 1. The molecule has 2 amide bonds. The molecule has 1 saturated heterocycles. The van der Waals surface area contributed by atoms with Crippen molar-refractivity contribution in [3.05, 3.63) is 23.4 Å². The number of aromatic nitrogens is 1. The number of piperidine rings is 1. The molecule has 1 aromatic heterocycles. The average molecular weight is 291 g/mol. The molecule has 0 aromatic carbocycles. The van der Waals surface area contributed by atoms with Crippen molar-refractivity contribution < 1.29 is 19.5 Å². The molecule has 0 aliphatic carbocycles. The molecule has 2 heterocycles. The molecule has 7 nitrogen and oxygen atoms in total. The van der Waals surface area contributed by atoms with Gasteiger partial charge in [-0.2, -0.15) is 0 Å². The first-order valence-electron chi connectivity index (χ1n) is 6.72. The number of carboxylic acid groups (broad SMARTS) is 1. The lowest BCUT2D eigenvalue weighted by molar-refractivity contribution is -0.133. The van der Waals surface area contributed by atoms with Crippen LogP contribution in [0.4, 0.5) is 5.82 Å². The Kier molecular flexibility index (Phi) is 4.21. The molecule has 112 valence electrons. The summed E-state index contributed by atoms with van der Waals surface area (Å²) in [6.07, 6.45) is 0.611. The van der Waals surface area contributed by atoms with E-state index in [-0.39, 0.29) is 23.8 Å². The number of hydrogen-bond donors (Lipinski definition) is 3. The standard InChI is InChI=1S/C14H17N3O4/c1-7(2)10-5-8(14(20)21)6-11(16-10)15-9-3-4-12(18)17-13(9)19/h5-7,9H,3-4H2,1-2H3,(H,15,16)(H,20,21)(H,17,18,19). The Labute approximate surface area is 121 Å². The molecule has 1 fully saturated rings. The molecule has 1 aliphatic heterocycles. The second-order valence-electron chi connectivity index (χ2n) is 5.27. The number of rotatable bonds is 4. The van der Waals surface area contributed by atoms with Gasteiger partial charge in [-0.05, 0) is 24.5 Å². The summed E-state index contributed by atoms with van der Waals surface area (Å²) in [5.74, 6) is -1.38. The molecule has 0 spiro atoms. The van der Waals surface area contributed by atoms with Gasteiger partial charge in [0.25, 0.3) is 0 Å². The first-order valence-corrected chi connectivity index (χ1v) is 6.72. The second kappa shape index (κ2) is 5.90. The zero-order valence-electron chi connectivity index (χ0n) is 11.8. The quantitative estimate of drug-likeness (QED) is 0.717. The van der Waals surface area contributed by atoms with E-state index in [1.807, 2.05) is 13.8 Å². The fourth-order valence-electron chi connectivity index (χ4n) is 2.05. The molecule has 7 heteroatoms. The van der Waals surface area contributed by atoms with Crippen LogP contribution in [-0.4, -0.2) is 33.9 Å². The Hall–Kier alpha value is -2.44. The van der Waals surface area contributed by atoms with Crippen molar-refractivity contribution in [2.45, 2.75) is 38.6 Å². The van der Waals surface area contributed by atoms with E-state index in [2.05, 4.69) is 15.6 Å². The van der Waals surface area contributed by atoms with Gasteiger partial charge in [-0.25, -0.2) is 9.78 Å². The zero-order chi connectivity index (χ0) is 15.6. The number of nitrogens with zero attached hydrogens (tertiary/aromatic N) is 1. The molecular formula is C14H17N3O4. The number of imide groups is 1. The van der Waals surface area contributed by atoms with E-state index in [1.165, 1.54) is 12.1 Å². The number of aromatic carboxylic acids is 1. The van der Waals surface area contributed by atoms with Crippen molar-refractivity contribution in [1.82, 2.24) is 10.3 Å². The monoisotopic (exact) mass is 291 g/mol. The fourth-order valence-corrected chi connectivity index (χ4v) is 2.05. The van der Waals surface area contributed by atoms with Crippen LogP contribution in [-0.2, 0) is 9.59 Å². The highest BCUT2D eigenvalue weighted by atomic mass is 16.4. The SMILES string of the molecule is CC(C)c1cc(C(=O)O)cc(NC2CCC(=O)NC2=O)n1. The lowest BCUT2D eigenvalue weighted by Crippen LogP contribution is -2.47. The average Bonchev–Trinajstić information content (AvgIpc) is 2.41. The van der Waals surface area contributed by atoms with E-state index in [1.54, 1.807) is 0 Å². The summed E-state index contributed by atoms with van der Waals surface area (Å²) >= 11 is 0. The molecule has 2 rings (SSSR count). The Morgan fingerprint density at radius 1 is 1.43 bits per heavy atom. The Balaban J connectivity index is 2.24. The molecule has 1 atom stereocenters. The van der Waals surface area contributed by atoms with Gasteiger partial charge in [-0.15, -0.1) is 0 Å². The third-order valence-corrected chi connectivity index (χ3v) is 3.24. The van der Waals surface area contributed by atoms with E-state index in [0.29, 0.717) is 17.9 Å². The van der Waals surface area contributed by atoms with E-state index >= 15 is 0 Å². The Bertz CT molecular complexity index is 598. The van der Waals surface area contributed by atoms with Gasteiger partial charge in [-0.3, -0.25) is 14.9 Å². The number of amides is 2. The fraction of sp³-hybridized carbons (Fsp3) is 0.429. The summed E-state index contributed by atoms with van der Waals surface area (Å²) in [7, 11) is 0. The van der Waals surface area contributed by atoms with Crippen LogP contribution >= 0.6 is 0 Å². The Morgan fingerprint density at radius 2 is 2.14 bits per heavy atom. The molecule has 1 aromatic rings. The van der Waals surface area contributed by atoms with Crippen molar-refractivity contribution >= 4 is 23.6 Å². The number of nitrogens with one attached hydrogen (secondary N) is 2. The minimum absolute atomic E-state index is 0.0617. The summed E-state index contributed by atoms with van der Waals surface area (Å²) in [5.41, 5.74) is 0.744. The molecule has 1 unspecified atom stereocenters. The lowest BCUT2D eigenvalue weighted by Gasteiger charge is -2.22. The summed E-state index contributed by atoms with van der Waals surface area (Å²) < 4.78 is 0. The third kappa shape index (κ3) is 3.56. The summed E-state index contributed by atoms with van der Waals surface area (Å²) in [6.45, 7) is 3.81. The topological polar surface area (TPSA) is 108 Å². The van der Waals surface area contributed by atoms with Gasteiger partial charge < -0.3 is 10.4 Å². The minimum atomic E-state index is -1.05. The highest BCUT2D eigenvalue weighted by molar-refractivity contribution is 6.01. The van der Waals surface area contributed by atoms with E-state index < -0.39 is 17.9 Å². The predicted octanol–water partition coefficient (Wildman–Crippen LogP) is 1.12. The summed E-state index contributed by atoms with van der Waals surface area (Å²) in [4.78, 5) is 38.3. The van der Waals surface area contributed by atoms with Crippen LogP contribution in [0.5, 0.6) is 0 Å². The van der Waals surface area contributed by atoms with Crippen LogP contribution in [0.15, 0.2) is 12.1 Å². The van der Waals surface area contributed by atoms with Crippen molar-refractivity contribution in [1.29, 1.82) is 0 Å². The highest BCUT2D eigenvalue weighted by Gasteiger charge is 2.27. The molecule has 0 bridgehead atoms. The van der Waals surface area contributed by atoms with Gasteiger partial charge in [0.05, 0.1) is 5.56 Å². The molecule has 3 N–H and O–H groups in total. The van der Waals surface area contributed by atoms with Crippen LogP contribution < -0.4 is 10.6 Å². The maximum atomic E-state index is 11.7. The van der Waals surface area contributed by atoms with Gasteiger partial charge in [0.1, 0.15) is 11.9 Å². The Morgan fingerprint density at radius 3 is 2.71 bits per heavy atom. The maximum absolute atomic E-state index is 11.7. The van der Waals surface area contributed by atoms with Gasteiger partial charge >= 0.3 is 5.97 Å². The number of carbonyl (C=O) groups excluding carboxylic acids is 2. The van der Waals surface area contributed by atoms with Crippen molar-refractivity contribution in [2.24, 2.45) is 0 Å². The van der Waals surface area contributed by atoms with Crippen LogP contribution in [0.25, 0.3) is 0 Å². The van der Waals surface area contributed by atoms with Crippen molar-refractivity contribution in [3.63, 3.8) is 0 Å². The minimum Gasteiger partial charge on any atom is -0.478 e. The van der Waals surface area contributed by atoms with Crippen molar-refractivity contribution in [3.8, 4) is 0 Å². The second-order valence-corrected chi connectivity index (χ2v) is 5.27. The smallest absolute Gasteiger partial charge is 0.335 e. The molecule has 0 radical (unpaired) electrons. The molecular weight excluding hydrogens is 274 g/mol. The van der Waals surface area contributed by atoms with Crippen LogP contribution in [0.3, 0.4) is 0 Å². The molecule has 21 heavy (non-hydrogen) atoms. The van der Waals surface area contributed by atoms with Gasteiger partial charge in [-0.1, -0.05) is 13.8 Å². The molecule has 0 saturated carbocycles. The zero-order valence-corrected chi connectivity index (χ0v) is 11.8. The highest BCUT2D eigenvalue weighted by Crippen LogP contribution is 2.19. The normalized spacial score (nSPS) is 18.5. The summed E-state index contributed by atoms with van der Waals surface area (Å²) in [6, 6.07) is 2.32. The first kappa shape index (κ1) is 15.0. The van der Waals surface area contributed by atoms with Gasteiger partial charge in [0.15, 0.2) is 0 Å². The van der Waals surface area contributed by atoms with Crippen LogP contribution in [0.1, 0.15) is 48.7 Å². The number of carbonyl (C=O) groups is 3. The molecule has 1 aliphatic rings. The number of hydrogen-bond acceptors (Lipinski definition) is 5. The van der Waals surface area contributed by atoms with E-state index in [0.717, 1.165) is 0 Å².